The molecule has 0 bridgehead atoms. The minimum atomic E-state index is 0.0289. The summed E-state index contributed by atoms with van der Waals surface area (Å²) in [6.07, 6.45) is 43.4. The highest BCUT2D eigenvalue weighted by molar-refractivity contribution is 5.75. The van der Waals surface area contributed by atoms with Crippen molar-refractivity contribution in [2.75, 3.05) is 19.6 Å². The summed E-state index contributed by atoms with van der Waals surface area (Å²) in [5.74, 6) is 7.27. The van der Waals surface area contributed by atoms with Crippen LogP contribution in [0.25, 0.3) is 0 Å². The summed E-state index contributed by atoms with van der Waals surface area (Å²) in [4.78, 5) is 26.7. The van der Waals surface area contributed by atoms with E-state index < -0.39 is 0 Å². The summed E-state index contributed by atoms with van der Waals surface area (Å²) in [6, 6.07) is 0. The molecule has 0 N–H and O–H groups in total. The fraction of sp³-hybridized carbons (Fsp3) is 0.937. The van der Waals surface area contributed by atoms with Crippen LogP contribution in [0, 0.1) is 58.2 Å². The average Bonchev–Trinajstić information content (AvgIpc) is 3.67. The van der Waals surface area contributed by atoms with E-state index in [1.807, 2.05) is 13.8 Å². The largest absolute Gasteiger partial charge is 0.462 e. The molecule has 0 aromatic rings. The van der Waals surface area contributed by atoms with E-state index in [9.17, 15) is 9.59 Å². The zero-order chi connectivity index (χ0) is 49.7. The number of unbranched alkanes of at least 4 members (excludes halogenated alkanes) is 13. The second-order valence-electron chi connectivity index (χ2n) is 24.1. The first-order chi connectivity index (χ1) is 32.2. The molecule has 0 radical (unpaired) electrons. The standard InChI is InChI=1S/C45H79NO3.C16H34.C2H6/c1-9-29-46(30-15-11-10-13-17-36(6)47)31-16-12-14-18-43(48)49-38-25-27-44(7)37(32-38)21-22-39-41-24-23-40(45(41,8)28-26-42(39)44)35(5)20-19-34(4)33(2)3;1-4-6-8-10-11-13-15-16(3)14-12-9-7-5-2;1-2/h21,33-35,38-42H,9-20,22-32H2,1-8H3;16H,4-15H2,1-3H3;1-2H3. The Bertz CT molecular complexity index is 1310. The highest BCUT2D eigenvalue weighted by Gasteiger charge is 2.59. The van der Waals surface area contributed by atoms with Gasteiger partial charge in [-0.15, -0.1) is 0 Å². The first-order valence-corrected chi connectivity index (χ1v) is 30.3. The van der Waals surface area contributed by atoms with Crippen LogP contribution in [-0.2, 0) is 14.3 Å². The molecule has 10 atom stereocenters. The van der Waals surface area contributed by atoms with Crippen LogP contribution in [0.4, 0.5) is 0 Å². The summed E-state index contributed by atoms with van der Waals surface area (Å²) >= 11 is 0. The number of ether oxygens (including phenoxy) is 1. The van der Waals surface area contributed by atoms with Crippen LogP contribution < -0.4 is 0 Å². The van der Waals surface area contributed by atoms with E-state index in [2.05, 4.69) is 80.2 Å². The highest BCUT2D eigenvalue weighted by Crippen LogP contribution is 2.67. The highest BCUT2D eigenvalue weighted by atomic mass is 16.5. The van der Waals surface area contributed by atoms with Gasteiger partial charge in [0.1, 0.15) is 11.9 Å². The normalized spacial score (nSPS) is 26.8. The predicted molar refractivity (Wildman–Crippen MR) is 294 cm³/mol. The van der Waals surface area contributed by atoms with Gasteiger partial charge in [0.2, 0.25) is 0 Å². The SMILES string of the molecule is CC.CCCCCCCCC(C)CCCCCC.CCCN(CCCCCCC(C)=O)CCCCCC(=O)OC1CCC2(C)C(=CCC3C2CCC2(C)C(C(C)CCC(C)C(C)C)CCC32)C1. The molecule has 3 fully saturated rings. The van der Waals surface area contributed by atoms with Gasteiger partial charge in [-0.2, -0.15) is 0 Å². The molecule has 3 saturated carbocycles. The van der Waals surface area contributed by atoms with E-state index in [1.54, 1.807) is 12.5 Å². The van der Waals surface area contributed by atoms with Crippen molar-refractivity contribution in [1.82, 2.24) is 4.90 Å². The van der Waals surface area contributed by atoms with Gasteiger partial charge in [0.05, 0.1) is 0 Å². The van der Waals surface area contributed by atoms with Crippen molar-refractivity contribution in [3.63, 3.8) is 0 Å². The lowest BCUT2D eigenvalue weighted by Crippen LogP contribution is -2.51. The van der Waals surface area contributed by atoms with E-state index in [4.69, 9.17) is 4.74 Å². The maximum atomic E-state index is 12.9. The van der Waals surface area contributed by atoms with E-state index in [1.165, 1.54) is 154 Å². The maximum Gasteiger partial charge on any atom is 0.306 e. The molecule has 4 nitrogen and oxygen atoms in total. The summed E-state index contributed by atoms with van der Waals surface area (Å²) in [7, 11) is 0. The first kappa shape index (κ1) is 62.0. The molecule has 4 rings (SSSR count). The van der Waals surface area contributed by atoms with Crippen molar-refractivity contribution < 1.29 is 14.3 Å². The van der Waals surface area contributed by atoms with Gasteiger partial charge in [-0.25, -0.2) is 0 Å². The van der Waals surface area contributed by atoms with Gasteiger partial charge < -0.3 is 14.4 Å². The van der Waals surface area contributed by atoms with Crippen LogP contribution in [0.5, 0.6) is 0 Å². The Morgan fingerprint density at radius 1 is 0.642 bits per heavy atom. The zero-order valence-electron chi connectivity index (χ0n) is 47.7. The van der Waals surface area contributed by atoms with Crippen molar-refractivity contribution in [1.29, 1.82) is 0 Å². The predicted octanol–water partition coefficient (Wildman–Crippen LogP) is 19.4. The number of fused-ring (bicyclic) bond motifs is 5. The Hall–Kier alpha value is -1.16. The lowest BCUT2D eigenvalue weighted by atomic mass is 9.47. The molecule has 394 valence electrons. The molecule has 0 saturated heterocycles. The summed E-state index contributed by atoms with van der Waals surface area (Å²) in [5.41, 5.74) is 2.46. The number of hydrogen-bond donors (Lipinski definition) is 0. The quantitative estimate of drug-likeness (QED) is 0.0374. The first-order valence-electron chi connectivity index (χ1n) is 30.3. The second kappa shape index (κ2) is 35.0. The van der Waals surface area contributed by atoms with Crippen LogP contribution in [0.1, 0.15) is 295 Å². The second-order valence-corrected chi connectivity index (χ2v) is 24.1. The number of Topliss-reactive ketones (excluding diaryl/α,β-unsaturated/α-hetero) is 1. The van der Waals surface area contributed by atoms with Crippen LogP contribution in [0.15, 0.2) is 11.6 Å². The smallest absolute Gasteiger partial charge is 0.306 e. The van der Waals surface area contributed by atoms with Gasteiger partial charge in [0, 0.05) is 19.3 Å². The number of rotatable bonds is 33. The van der Waals surface area contributed by atoms with E-state index in [-0.39, 0.29) is 12.1 Å². The Kier molecular flexibility index (Phi) is 32.4. The van der Waals surface area contributed by atoms with Gasteiger partial charge >= 0.3 is 5.97 Å². The van der Waals surface area contributed by atoms with E-state index in [0.29, 0.717) is 23.0 Å². The zero-order valence-corrected chi connectivity index (χ0v) is 47.7. The van der Waals surface area contributed by atoms with Gasteiger partial charge in [-0.1, -0.05) is 204 Å². The van der Waals surface area contributed by atoms with Crippen molar-refractivity contribution in [3.8, 4) is 0 Å². The molecule has 0 aliphatic heterocycles. The average molecular weight is 939 g/mol. The summed E-state index contributed by atoms with van der Waals surface area (Å²) < 4.78 is 6.16. The van der Waals surface area contributed by atoms with Gasteiger partial charge in [0.15, 0.2) is 0 Å². The Morgan fingerprint density at radius 3 is 1.85 bits per heavy atom. The molecule has 4 aliphatic carbocycles. The summed E-state index contributed by atoms with van der Waals surface area (Å²) in [6.45, 7) is 33.6. The van der Waals surface area contributed by atoms with Gasteiger partial charge in [0.25, 0.3) is 0 Å². The number of nitrogens with zero attached hydrogens (tertiary/aromatic N) is 1. The number of carbonyl (C=O) groups is 2. The van der Waals surface area contributed by atoms with Crippen molar-refractivity contribution >= 4 is 11.8 Å². The van der Waals surface area contributed by atoms with Crippen LogP contribution >= 0.6 is 0 Å². The van der Waals surface area contributed by atoms with E-state index >= 15 is 0 Å². The van der Waals surface area contributed by atoms with Crippen molar-refractivity contribution in [2.45, 2.75) is 302 Å². The fourth-order valence-electron chi connectivity index (χ4n) is 13.8. The van der Waals surface area contributed by atoms with E-state index in [0.717, 1.165) is 112 Å². The minimum Gasteiger partial charge on any atom is -0.462 e. The van der Waals surface area contributed by atoms with Crippen molar-refractivity contribution in [2.24, 2.45) is 58.2 Å². The molecule has 67 heavy (non-hydrogen) atoms. The molecule has 4 aliphatic rings. The summed E-state index contributed by atoms with van der Waals surface area (Å²) in [5, 5.41) is 0. The monoisotopic (exact) mass is 938 g/mol. The lowest BCUT2D eigenvalue weighted by Gasteiger charge is -2.58. The fourth-order valence-corrected chi connectivity index (χ4v) is 13.8. The third-order valence-corrected chi connectivity index (χ3v) is 18.6. The Labute approximate surface area is 420 Å². The molecule has 0 amide bonds. The number of ketones is 1. The van der Waals surface area contributed by atoms with Gasteiger partial charge in [-0.3, -0.25) is 4.79 Å². The topological polar surface area (TPSA) is 46.6 Å². The minimum absolute atomic E-state index is 0.0289. The number of allylic oxidation sites excluding steroid dienone is 1. The molecule has 4 heteroatoms. The molecular weight excluding hydrogens is 819 g/mol. The van der Waals surface area contributed by atoms with Crippen LogP contribution in [0.3, 0.4) is 0 Å². The Morgan fingerprint density at radius 2 is 1.22 bits per heavy atom. The van der Waals surface area contributed by atoms with Gasteiger partial charge in [-0.05, 0) is 162 Å². The number of esters is 1. The molecule has 0 aromatic heterocycles. The Balaban J connectivity index is 0.000000725. The molecule has 0 aromatic carbocycles. The third kappa shape index (κ3) is 22.0. The molecule has 0 heterocycles. The maximum absolute atomic E-state index is 12.9. The third-order valence-electron chi connectivity index (χ3n) is 18.6. The van der Waals surface area contributed by atoms with Crippen molar-refractivity contribution in [3.05, 3.63) is 11.6 Å². The molecule has 10 unspecified atom stereocenters. The van der Waals surface area contributed by atoms with Crippen LogP contribution in [0.2, 0.25) is 0 Å². The lowest BCUT2D eigenvalue weighted by molar-refractivity contribution is -0.151. The van der Waals surface area contributed by atoms with Crippen LogP contribution in [-0.4, -0.2) is 42.4 Å². The molecule has 0 spiro atoms. The number of hydrogen-bond acceptors (Lipinski definition) is 4. The molecular formula is C63H119NO3. The number of carbonyl (C=O) groups excluding carboxylic acids is 2.